The van der Waals surface area contributed by atoms with E-state index in [4.69, 9.17) is 4.74 Å². The molecule has 2 heteroatoms. The smallest absolute Gasteiger partial charge is 0.0468 e. The molecule has 0 aromatic carbocycles. The Hall–Kier alpha value is -0.0800. The predicted octanol–water partition coefficient (Wildman–Crippen LogP) is 1.27. The average Bonchev–Trinajstić information content (AvgIpc) is 1.85. The predicted molar refractivity (Wildman–Crippen MR) is 46.6 cm³/mol. The summed E-state index contributed by atoms with van der Waals surface area (Å²) in [7, 11) is 1.78. The summed E-state index contributed by atoms with van der Waals surface area (Å²) in [4.78, 5) is 0. The highest BCUT2D eigenvalue weighted by molar-refractivity contribution is 4.94. The molecule has 1 heterocycles. The number of nitrogens with one attached hydrogen (secondary N) is 1. The van der Waals surface area contributed by atoms with Crippen LogP contribution in [0.2, 0.25) is 0 Å². The van der Waals surface area contributed by atoms with Gasteiger partial charge >= 0.3 is 0 Å². The Kier molecular flexibility index (Phi) is 2.90. The second kappa shape index (κ2) is 3.55. The van der Waals surface area contributed by atoms with Crippen LogP contribution in [0.5, 0.6) is 0 Å². The van der Waals surface area contributed by atoms with Gasteiger partial charge in [-0.15, -0.1) is 0 Å². The van der Waals surface area contributed by atoms with Crippen LogP contribution in [0.25, 0.3) is 0 Å². The van der Waals surface area contributed by atoms with Crippen molar-refractivity contribution in [2.75, 3.05) is 26.8 Å². The van der Waals surface area contributed by atoms with Gasteiger partial charge in [0.2, 0.25) is 0 Å². The largest absolute Gasteiger partial charge is 0.385 e. The maximum atomic E-state index is 5.10. The van der Waals surface area contributed by atoms with Gasteiger partial charge in [0, 0.05) is 26.8 Å². The molecule has 1 fully saturated rings. The Morgan fingerprint density at radius 1 is 1.45 bits per heavy atom. The molecule has 2 nitrogen and oxygen atoms in total. The normalized spacial score (nSPS) is 21.8. The molecule has 1 aliphatic heterocycles. The molecule has 0 unspecified atom stereocenters. The van der Waals surface area contributed by atoms with E-state index < -0.39 is 0 Å². The van der Waals surface area contributed by atoms with Crippen LogP contribution in [0.1, 0.15) is 20.3 Å². The van der Waals surface area contributed by atoms with Gasteiger partial charge in [0.25, 0.3) is 0 Å². The molecule has 1 rings (SSSR count). The molecule has 0 aromatic heterocycles. The Labute approximate surface area is 69.3 Å². The third kappa shape index (κ3) is 1.74. The van der Waals surface area contributed by atoms with Crippen LogP contribution in [0.4, 0.5) is 0 Å². The quantitative estimate of drug-likeness (QED) is 0.663. The molecule has 1 aliphatic rings. The number of methoxy groups -OCH3 is 1. The van der Waals surface area contributed by atoms with Crippen molar-refractivity contribution in [3.8, 4) is 0 Å². The maximum absolute atomic E-state index is 5.10. The summed E-state index contributed by atoms with van der Waals surface area (Å²) in [5.41, 5.74) is 0.538. The van der Waals surface area contributed by atoms with Crippen LogP contribution in [0.3, 0.4) is 0 Å². The first-order valence-corrected chi connectivity index (χ1v) is 4.41. The second-order valence-corrected chi connectivity index (χ2v) is 3.86. The molecular weight excluding hydrogens is 138 g/mol. The van der Waals surface area contributed by atoms with Crippen LogP contribution in [0.15, 0.2) is 0 Å². The third-order valence-corrected chi connectivity index (χ3v) is 2.98. The van der Waals surface area contributed by atoms with Crippen molar-refractivity contribution in [2.24, 2.45) is 11.3 Å². The summed E-state index contributed by atoms with van der Waals surface area (Å²) < 4.78 is 5.10. The van der Waals surface area contributed by atoms with Crippen molar-refractivity contribution < 1.29 is 4.74 Å². The lowest BCUT2D eigenvalue weighted by Gasteiger charge is -2.46. The van der Waals surface area contributed by atoms with Gasteiger partial charge < -0.3 is 10.1 Å². The highest BCUT2D eigenvalue weighted by Crippen LogP contribution is 2.35. The van der Waals surface area contributed by atoms with Gasteiger partial charge in [0.1, 0.15) is 0 Å². The molecule has 1 saturated heterocycles. The average molecular weight is 157 g/mol. The highest BCUT2D eigenvalue weighted by Gasteiger charge is 2.38. The first-order chi connectivity index (χ1) is 5.21. The molecule has 11 heavy (non-hydrogen) atoms. The standard InChI is InChI=1S/C9H19NO/c1-8(2)9(4-5-11-3)6-10-7-9/h8,10H,4-7H2,1-3H3. The summed E-state index contributed by atoms with van der Waals surface area (Å²) in [5, 5.41) is 3.34. The van der Waals surface area contributed by atoms with Gasteiger partial charge in [-0.2, -0.15) is 0 Å². The topological polar surface area (TPSA) is 21.3 Å². The van der Waals surface area contributed by atoms with Crippen LogP contribution in [0, 0.1) is 11.3 Å². The van der Waals surface area contributed by atoms with E-state index in [0.717, 1.165) is 12.5 Å². The van der Waals surface area contributed by atoms with Crippen LogP contribution in [-0.2, 0) is 4.74 Å². The van der Waals surface area contributed by atoms with Crippen molar-refractivity contribution in [2.45, 2.75) is 20.3 Å². The molecule has 0 amide bonds. The fourth-order valence-corrected chi connectivity index (χ4v) is 1.63. The lowest BCUT2D eigenvalue weighted by atomic mass is 9.70. The fraction of sp³-hybridized carbons (Fsp3) is 1.00. The summed E-state index contributed by atoms with van der Waals surface area (Å²) >= 11 is 0. The SMILES string of the molecule is COCCC1(C(C)C)CNC1. The summed E-state index contributed by atoms with van der Waals surface area (Å²) in [5.74, 6) is 0.777. The molecule has 0 bridgehead atoms. The molecule has 1 N–H and O–H groups in total. The van der Waals surface area contributed by atoms with E-state index >= 15 is 0 Å². The molecule has 0 radical (unpaired) electrons. The lowest BCUT2D eigenvalue weighted by Crippen LogP contribution is -2.56. The van der Waals surface area contributed by atoms with Crippen molar-refractivity contribution in [3.63, 3.8) is 0 Å². The maximum Gasteiger partial charge on any atom is 0.0468 e. The van der Waals surface area contributed by atoms with Crippen LogP contribution < -0.4 is 5.32 Å². The summed E-state index contributed by atoms with van der Waals surface area (Å²) in [6.45, 7) is 7.86. The highest BCUT2D eigenvalue weighted by atomic mass is 16.5. The Balaban J connectivity index is 2.34. The minimum atomic E-state index is 0.538. The Morgan fingerprint density at radius 2 is 2.09 bits per heavy atom. The van der Waals surface area contributed by atoms with Crippen molar-refractivity contribution >= 4 is 0 Å². The first kappa shape index (κ1) is 9.01. The van der Waals surface area contributed by atoms with E-state index in [9.17, 15) is 0 Å². The minimum Gasteiger partial charge on any atom is -0.385 e. The van der Waals surface area contributed by atoms with Gasteiger partial charge in [0.05, 0.1) is 0 Å². The molecule has 0 aliphatic carbocycles. The molecule has 66 valence electrons. The van der Waals surface area contributed by atoms with E-state index in [1.54, 1.807) is 7.11 Å². The van der Waals surface area contributed by atoms with Crippen LogP contribution >= 0.6 is 0 Å². The summed E-state index contributed by atoms with van der Waals surface area (Å²) in [6.07, 6.45) is 1.20. The van der Waals surface area contributed by atoms with Gasteiger partial charge in [-0.3, -0.25) is 0 Å². The monoisotopic (exact) mass is 157 g/mol. The molecular formula is C9H19NO. The number of rotatable bonds is 4. The van der Waals surface area contributed by atoms with Gasteiger partial charge in [-0.05, 0) is 17.8 Å². The van der Waals surface area contributed by atoms with Crippen molar-refractivity contribution in [1.29, 1.82) is 0 Å². The Bertz CT molecular complexity index is 119. The van der Waals surface area contributed by atoms with E-state index in [1.165, 1.54) is 19.5 Å². The van der Waals surface area contributed by atoms with Gasteiger partial charge in [-0.1, -0.05) is 13.8 Å². The first-order valence-electron chi connectivity index (χ1n) is 4.41. The number of ether oxygens (including phenoxy) is 1. The van der Waals surface area contributed by atoms with Crippen LogP contribution in [-0.4, -0.2) is 26.8 Å². The lowest BCUT2D eigenvalue weighted by molar-refractivity contribution is 0.0491. The summed E-state index contributed by atoms with van der Waals surface area (Å²) in [6, 6.07) is 0. The minimum absolute atomic E-state index is 0.538. The second-order valence-electron chi connectivity index (χ2n) is 3.86. The number of hydrogen-bond acceptors (Lipinski definition) is 2. The van der Waals surface area contributed by atoms with Gasteiger partial charge in [0.15, 0.2) is 0 Å². The third-order valence-electron chi connectivity index (χ3n) is 2.98. The zero-order valence-electron chi connectivity index (χ0n) is 7.81. The number of hydrogen-bond donors (Lipinski definition) is 1. The van der Waals surface area contributed by atoms with E-state index in [2.05, 4.69) is 19.2 Å². The molecule has 0 aromatic rings. The molecule has 0 atom stereocenters. The molecule has 0 spiro atoms. The van der Waals surface area contributed by atoms with Crippen molar-refractivity contribution in [3.05, 3.63) is 0 Å². The van der Waals surface area contributed by atoms with E-state index in [0.29, 0.717) is 5.41 Å². The van der Waals surface area contributed by atoms with E-state index in [1.807, 2.05) is 0 Å². The zero-order chi connectivity index (χ0) is 8.32. The van der Waals surface area contributed by atoms with E-state index in [-0.39, 0.29) is 0 Å². The fourth-order valence-electron chi connectivity index (χ4n) is 1.63. The van der Waals surface area contributed by atoms with Gasteiger partial charge in [-0.25, -0.2) is 0 Å². The van der Waals surface area contributed by atoms with Crippen molar-refractivity contribution in [1.82, 2.24) is 5.32 Å². The Morgan fingerprint density at radius 3 is 2.36 bits per heavy atom. The zero-order valence-corrected chi connectivity index (χ0v) is 7.81. The molecule has 0 saturated carbocycles.